The molecular formula is C30H30I3N2O14S4+. The van der Waals surface area contributed by atoms with Crippen molar-refractivity contribution >= 4 is 131 Å². The molecule has 288 valence electrons. The molecule has 2 aromatic rings. The summed E-state index contributed by atoms with van der Waals surface area (Å²) in [6, 6.07) is 4.72. The Morgan fingerprint density at radius 1 is 0.811 bits per heavy atom. The molecule has 2 aliphatic heterocycles. The van der Waals surface area contributed by atoms with Gasteiger partial charge >= 0.3 is 16.1 Å². The molecule has 2 unspecified atom stereocenters. The largest absolute Gasteiger partial charge is 0.481 e. The summed E-state index contributed by atoms with van der Waals surface area (Å²) in [6.45, 7) is 2.95. The second-order valence-corrected chi connectivity index (χ2v) is 21.4. The van der Waals surface area contributed by atoms with Crippen molar-refractivity contribution in [3.05, 3.63) is 94.3 Å². The van der Waals surface area contributed by atoms with Crippen molar-refractivity contribution in [1.29, 1.82) is 0 Å². The maximum atomic E-state index is 12.2. The summed E-state index contributed by atoms with van der Waals surface area (Å²) >= 11 is 6.27. The van der Waals surface area contributed by atoms with Gasteiger partial charge in [-0.15, -0.1) is 0 Å². The van der Waals surface area contributed by atoms with Gasteiger partial charge in [0.05, 0.1) is 33.5 Å². The van der Waals surface area contributed by atoms with Crippen molar-refractivity contribution < 1.29 is 66.4 Å². The Bertz CT molecular complexity index is 2510. The van der Waals surface area contributed by atoms with E-state index in [2.05, 4.69) is 67.8 Å². The zero-order valence-electron chi connectivity index (χ0n) is 27.3. The SMILES string of the molecule is CC1(CC(=O)O)C(/C=C/C=C/C=C/C=C2\N(CS(=O)(=O)O)c3ccc(S(=O)(=O)O)cc3C2(C)CS(=O)(=O)O)=[N+](CS(=O)(=O)O)c2cc(I)c(I)c(I)c21. The molecule has 5 N–H and O–H groups in total. The van der Waals surface area contributed by atoms with Crippen LogP contribution < -0.4 is 4.90 Å². The molecule has 2 heterocycles. The number of fused-ring (bicyclic) bond motifs is 2. The molecule has 0 aliphatic carbocycles. The van der Waals surface area contributed by atoms with Gasteiger partial charge in [0.25, 0.3) is 36.2 Å². The predicted octanol–water partition coefficient (Wildman–Crippen LogP) is 4.49. The second-order valence-electron chi connectivity index (χ2n) is 12.3. The zero-order chi connectivity index (χ0) is 40.1. The molecule has 4 rings (SSSR count). The van der Waals surface area contributed by atoms with Crippen molar-refractivity contribution in [3.63, 3.8) is 0 Å². The maximum absolute atomic E-state index is 12.2. The van der Waals surface area contributed by atoms with E-state index in [1.54, 1.807) is 13.0 Å². The lowest BCUT2D eigenvalue weighted by molar-refractivity contribution is -0.416. The van der Waals surface area contributed by atoms with Crippen LogP contribution >= 0.6 is 67.8 Å². The van der Waals surface area contributed by atoms with E-state index >= 15 is 0 Å². The molecule has 53 heavy (non-hydrogen) atoms. The van der Waals surface area contributed by atoms with Crippen LogP contribution in [0.5, 0.6) is 0 Å². The van der Waals surface area contributed by atoms with E-state index in [0.717, 1.165) is 33.8 Å². The first-order valence-corrected chi connectivity index (χ1v) is 24.1. The third-order valence-corrected chi connectivity index (χ3v) is 16.4. The van der Waals surface area contributed by atoms with Gasteiger partial charge < -0.3 is 10.0 Å². The number of carboxylic acids is 1. The topological polar surface area (TPSA) is 261 Å². The average Bonchev–Trinajstić information content (AvgIpc) is 3.31. The minimum atomic E-state index is -4.80. The minimum absolute atomic E-state index is 0.0215. The van der Waals surface area contributed by atoms with Crippen molar-refractivity contribution in [1.82, 2.24) is 0 Å². The number of allylic oxidation sites excluding steroid dienone is 8. The summed E-state index contributed by atoms with van der Waals surface area (Å²) < 4.78 is 139. The molecule has 0 spiro atoms. The highest BCUT2D eigenvalue weighted by molar-refractivity contribution is 14.1. The van der Waals surface area contributed by atoms with Crippen LogP contribution in [0.25, 0.3) is 0 Å². The van der Waals surface area contributed by atoms with E-state index in [1.807, 2.05) is 0 Å². The maximum Gasteiger partial charge on any atom is 0.326 e. The van der Waals surface area contributed by atoms with E-state index in [1.165, 1.54) is 54.0 Å². The minimum Gasteiger partial charge on any atom is -0.481 e. The van der Waals surface area contributed by atoms with Gasteiger partial charge in [0.1, 0.15) is 0 Å². The molecule has 0 saturated carbocycles. The molecule has 0 aromatic heterocycles. The number of rotatable bonds is 13. The van der Waals surface area contributed by atoms with Gasteiger partial charge in [0.2, 0.25) is 5.69 Å². The summed E-state index contributed by atoms with van der Waals surface area (Å²) in [5.74, 6) is -4.14. The smallest absolute Gasteiger partial charge is 0.326 e. The predicted molar refractivity (Wildman–Crippen MR) is 220 cm³/mol. The van der Waals surface area contributed by atoms with Crippen LogP contribution in [0.2, 0.25) is 0 Å². The molecule has 0 amide bonds. The van der Waals surface area contributed by atoms with Gasteiger partial charge in [-0.25, -0.2) is 0 Å². The first kappa shape index (κ1) is 43.9. The van der Waals surface area contributed by atoms with E-state index < -0.39 is 86.1 Å². The van der Waals surface area contributed by atoms with Gasteiger partial charge in [-0.05, 0) is 111 Å². The number of halogens is 3. The molecule has 0 radical (unpaired) electrons. The summed E-state index contributed by atoms with van der Waals surface area (Å²) in [5.41, 5.74) is -1.95. The van der Waals surface area contributed by atoms with E-state index in [9.17, 15) is 61.8 Å². The third kappa shape index (κ3) is 9.95. The quantitative estimate of drug-likeness (QED) is 0.0609. The van der Waals surface area contributed by atoms with E-state index in [4.69, 9.17) is 0 Å². The Morgan fingerprint density at radius 2 is 1.42 bits per heavy atom. The van der Waals surface area contributed by atoms with Crippen LogP contribution in [0.1, 0.15) is 31.4 Å². The molecule has 2 aromatic carbocycles. The molecular weight excluding hydrogens is 1120 g/mol. The highest BCUT2D eigenvalue weighted by Gasteiger charge is 2.52. The summed E-state index contributed by atoms with van der Waals surface area (Å²) in [5, 5.41) is 9.87. The number of anilines is 1. The second kappa shape index (κ2) is 15.6. The van der Waals surface area contributed by atoms with Gasteiger partial charge in [-0.1, -0.05) is 30.4 Å². The lowest BCUT2D eigenvalue weighted by Crippen LogP contribution is -2.36. The van der Waals surface area contributed by atoms with Crippen LogP contribution in [0.4, 0.5) is 11.4 Å². The lowest BCUT2D eigenvalue weighted by Gasteiger charge is -2.28. The molecule has 2 atom stereocenters. The number of aliphatic carboxylic acids is 1. The molecule has 2 aliphatic rings. The molecule has 0 bridgehead atoms. The summed E-state index contributed by atoms with van der Waals surface area (Å²) in [7, 11) is -19.0. The molecule has 23 heteroatoms. The van der Waals surface area contributed by atoms with Crippen LogP contribution in [-0.2, 0) is 56.1 Å². The Balaban J connectivity index is 1.79. The van der Waals surface area contributed by atoms with Crippen molar-refractivity contribution in [3.8, 4) is 0 Å². The lowest BCUT2D eigenvalue weighted by atomic mass is 9.76. The number of hydrogen-bond donors (Lipinski definition) is 5. The molecule has 0 saturated heterocycles. The highest BCUT2D eigenvalue weighted by atomic mass is 127. The first-order valence-electron chi connectivity index (χ1n) is 14.6. The van der Waals surface area contributed by atoms with Gasteiger partial charge in [-0.2, -0.15) is 38.2 Å². The number of hydrogen-bond acceptors (Lipinski definition) is 10. The summed E-state index contributed by atoms with van der Waals surface area (Å²) in [4.78, 5) is 12.5. The highest BCUT2D eigenvalue weighted by Crippen LogP contribution is 2.50. The fraction of sp³-hybridized carbons (Fsp3) is 0.267. The van der Waals surface area contributed by atoms with E-state index in [0.29, 0.717) is 11.3 Å². The monoisotopic (exact) mass is 1150 g/mol. The summed E-state index contributed by atoms with van der Waals surface area (Å²) in [6.07, 6.45) is 9.61. The van der Waals surface area contributed by atoms with Crippen LogP contribution in [0, 0.1) is 10.7 Å². The van der Waals surface area contributed by atoms with Crippen molar-refractivity contribution in [2.45, 2.75) is 36.0 Å². The van der Waals surface area contributed by atoms with Crippen LogP contribution in [0.3, 0.4) is 0 Å². The molecule has 0 fully saturated rings. The van der Waals surface area contributed by atoms with Crippen LogP contribution in [0.15, 0.2) is 77.4 Å². The number of carboxylic acid groups (broad SMARTS) is 1. The van der Waals surface area contributed by atoms with Gasteiger partial charge in [0.15, 0.2) is 11.6 Å². The van der Waals surface area contributed by atoms with Crippen LogP contribution in [-0.4, -0.2) is 90.8 Å². The average molecular weight is 1150 g/mol. The Hall–Kier alpha value is -1.83. The standard InChI is InChI=1S/C30H29I3N2O14S4/c1-29(14-25(36)37)23(35(17-52(44,45)46)22-13-20(31)27(32)28(33)26(22)29)8-6-4-3-5-7-9-24-30(2,15-50(38,39)40)19-12-18(53(47,48)49)10-11-21(19)34(24)16-51(41,42)43/h3-13H,14-17H2,1-2H3,(H4-,36,37,38,39,40,41,42,43,44,45,46,47,48,49)/p+1. The third-order valence-electron chi connectivity index (χ3n) is 8.36. The zero-order valence-corrected chi connectivity index (χ0v) is 37.0. The number of nitrogens with zero attached hydrogens (tertiary/aromatic N) is 2. The Labute approximate surface area is 346 Å². The fourth-order valence-corrected chi connectivity index (χ4v) is 11.8. The van der Waals surface area contributed by atoms with Gasteiger partial charge in [-0.3, -0.25) is 23.0 Å². The Morgan fingerprint density at radius 3 is 1.96 bits per heavy atom. The van der Waals surface area contributed by atoms with Crippen molar-refractivity contribution in [2.75, 3.05) is 22.4 Å². The van der Waals surface area contributed by atoms with Crippen molar-refractivity contribution in [2.24, 2.45) is 0 Å². The first-order chi connectivity index (χ1) is 24.1. The van der Waals surface area contributed by atoms with Gasteiger partial charge in [0, 0.05) is 34.2 Å². The Kier molecular flexibility index (Phi) is 12.9. The normalized spacial score (nSPS) is 21.8. The van der Waals surface area contributed by atoms with E-state index in [-0.39, 0.29) is 22.7 Å². The molecule has 16 nitrogen and oxygen atoms in total. The number of benzene rings is 2. The fourth-order valence-electron chi connectivity index (χ4n) is 6.43. The number of carbonyl (C=O) groups is 1.